The summed E-state index contributed by atoms with van der Waals surface area (Å²) >= 11 is 0. The first-order valence-corrected chi connectivity index (χ1v) is 8.11. The Balaban J connectivity index is 1.68. The fourth-order valence-corrected chi connectivity index (χ4v) is 4.04. The maximum absolute atomic E-state index is 12.1. The molecule has 4 heteroatoms. The van der Waals surface area contributed by atoms with E-state index in [4.69, 9.17) is 4.74 Å². The van der Waals surface area contributed by atoms with Gasteiger partial charge in [0.1, 0.15) is 6.61 Å². The standard InChI is InChI=1S/C17H22N2O2/c20-17-19-15(12-21-17)9-10-18(14-6-2-3-7-14)11-13-5-1-4-8-16(13)19/h1,4-5,8,14-15H,2-3,6-7,9-12H2. The van der Waals surface area contributed by atoms with E-state index in [2.05, 4.69) is 23.1 Å². The van der Waals surface area contributed by atoms with E-state index in [1.54, 1.807) is 0 Å². The Kier molecular flexibility index (Phi) is 3.34. The largest absolute Gasteiger partial charge is 0.447 e. The quantitative estimate of drug-likeness (QED) is 0.795. The second kappa shape index (κ2) is 5.34. The first-order valence-electron chi connectivity index (χ1n) is 8.11. The summed E-state index contributed by atoms with van der Waals surface area (Å²) < 4.78 is 5.30. The zero-order valence-corrected chi connectivity index (χ0v) is 12.3. The van der Waals surface area contributed by atoms with Crippen molar-refractivity contribution in [2.45, 2.75) is 50.7 Å². The van der Waals surface area contributed by atoms with Gasteiger partial charge in [-0.2, -0.15) is 0 Å². The lowest BCUT2D eigenvalue weighted by Gasteiger charge is -2.35. The number of amides is 1. The SMILES string of the molecule is O=C1OCC2CCN(C3CCCC3)Cc3ccccc3N12. The van der Waals surface area contributed by atoms with Crippen molar-refractivity contribution in [2.24, 2.45) is 0 Å². The second-order valence-corrected chi connectivity index (χ2v) is 6.43. The molecule has 1 amide bonds. The predicted molar refractivity (Wildman–Crippen MR) is 81.3 cm³/mol. The van der Waals surface area contributed by atoms with Crippen LogP contribution < -0.4 is 4.90 Å². The highest BCUT2D eigenvalue weighted by atomic mass is 16.6. The highest BCUT2D eigenvalue weighted by molar-refractivity contribution is 5.91. The Morgan fingerprint density at radius 2 is 1.86 bits per heavy atom. The van der Waals surface area contributed by atoms with Crippen molar-refractivity contribution in [1.29, 1.82) is 0 Å². The van der Waals surface area contributed by atoms with E-state index in [1.165, 1.54) is 31.2 Å². The van der Waals surface area contributed by atoms with Crippen LogP contribution in [0, 0.1) is 0 Å². The van der Waals surface area contributed by atoms with Crippen molar-refractivity contribution in [1.82, 2.24) is 4.90 Å². The lowest BCUT2D eigenvalue weighted by Crippen LogP contribution is -2.42. The average Bonchev–Trinajstić information content (AvgIpc) is 3.11. The van der Waals surface area contributed by atoms with Crippen molar-refractivity contribution in [3.63, 3.8) is 0 Å². The van der Waals surface area contributed by atoms with Crippen LogP contribution in [0.4, 0.5) is 10.5 Å². The lowest BCUT2D eigenvalue weighted by molar-refractivity contribution is 0.170. The number of carbonyl (C=O) groups is 1. The topological polar surface area (TPSA) is 32.8 Å². The summed E-state index contributed by atoms with van der Waals surface area (Å²) in [5.74, 6) is 0. The first kappa shape index (κ1) is 13.1. The van der Waals surface area contributed by atoms with Crippen LogP contribution in [0.3, 0.4) is 0 Å². The van der Waals surface area contributed by atoms with Gasteiger partial charge in [-0.3, -0.25) is 9.80 Å². The summed E-state index contributed by atoms with van der Waals surface area (Å²) in [7, 11) is 0. The normalized spacial score (nSPS) is 27.0. The van der Waals surface area contributed by atoms with Gasteiger partial charge >= 0.3 is 6.09 Å². The number of hydrogen-bond donors (Lipinski definition) is 0. The number of carbonyl (C=O) groups excluding carboxylic acids is 1. The molecule has 2 fully saturated rings. The molecule has 1 aliphatic carbocycles. The fraction of sp³-hybridized carbons (Fsp3) is 0.588. The van der Waals surface area contributed by atoms with E-state index in [1.807, 2.05) is 11.0 Å². The number of fused-ring (bicyclic) bond motifs is 3. The second-order valence-electron chi connectivity index (χ2n) is 6.43. The molecule has 4 rings (SSSR count). The van der Waals surface area contributed by atoms with Crippen LogP contribution in [0.1, 0.15) is 37.7 Å². The summed E-state index contributed by atoms with van der Waals surface area (Å²) in [5.41, 5.74) is 2.31. The molecular formula is C17H22N2O2. The van der Waals surface area contributed by atoms with Gasteiger partial charge in [-0.15, -0.1) is 0 Å². The minimum absolute atomic E-state index is 0.179. The highest BCUT2D eigenvalue weighted by Gasteiger charge is 2.37. The minimum atomic E-state index is -0.179. The van der Waals surface area contributed by atoms with Crippen LogP contribution in [-0.2, 0) is 11.3 Å². The third kappa shape index (κ3) is 2.31. The van der Waals surface area contributed by atoms with E-state index in [-0.39, 0.29) is 12.1 Å². The predicted octanol–water partition coefficient (Wildman–Crippen LogP) is 3.16. The van der Waals surface area contributed by atoms with Crippen molar-refractivity contribution >= 4 is 11.8 Å². The van der Waals surface area contributed by atoms with Crippen molar-refractivity contribution in [2.75, 3.05) is 18.1 Å². The lowest BCUT2D eigenvalue weighted by atomic mass is 10.0. The Morgan fingerprint density at radius 3 is 2.71 bits per heavy atom. The van der Waals surface area contributed by atoms with Gasteiger partial charge in [0.05, 0.1) is 11.7 Å². The molecule has 1 saturated carbocycles. The van der Waals surface area contributed by atoms with Crippen LogP contribution in [0.25, 0.3) is 0 Å². The van der Waals surface area contributed by atoms with Gasteiger partial charge in [0.25, 0.3) is 0 Å². The molecule has 1 atom stereocenters. The third-order valence-corrected chi connectivity index (χ3v) is 5.18. The Bertz CT molecular complexity index is 539. The molecule has 0 bridgehead atoms. The smallest absolute Gasteiger partial charge is 0.414 e. The number of cyclic esters (lactones) is 1. The fourth-order valence-electron chi connectivity index (χ4n) is 4.04. The number of hydrogen-bond acceptors (Lipinski definition) is 3. The summed E-state index contributed by atoms with van der Waals surface area (Å²) in [5, 5.41) is 0. The number of ether oxygens (including phenoxy) is 1. The molecule has 1 unspecified atom stereocenters. The number of benzene rings is 1. The van der Waals surface area contributed by atoms with E-state index in [0.29, 0.717) is 6.61 Å². The molecule has 0 aromatic heterocycles. The average molecular weight is 286 g/mol. The maximum atomic E-state index is 12.1. The Labute approximate surface area is 125 Å². The molecule has 112 valence electrons. The van der Waals surface area contributed by atoms with Crippen LogP contribution in [-0.4, -0.2) is 36.2 Å². The summed E-state index contributed by atoms with van der Waals surface area (Å²) in [4.78, 5) is 16.6. The van der Waals surface area contributed by atoms with Crippen LogP contribution in [0.5, 0.6) is 0 Å². The molecule has 3 aliphatic rings. The summed E-state index contributed by atoms with van der Waals surface area (Å²) in [6, 6.07) is 9.23. The Morgan fingerprint density at radius 1 is 1.05 bits per heavy atom. The van der Waals surface area contributed by atoms with Crippen molar-refractivity contribution in [3.05, 3.63) is 29.8 Å². The van der Waals surface area contributed by atoms with E-state index in [9.17, 15) is 4.79 Å². The van der Waals surface area contributed by atoms with Crippen LogP contribution >= 0.6 is 0 Å². The maximum Gasteiger partial charge on any atom is 0.414 e. The van der Waals surface area contributed by atoms with E-state index in [0.717, 1.165) is 31.2 Å². The van der Waals surface area contributed by atoms with E-state index < -0.39 is 0 Å². The van der Waals surface area contributed by atoms with Gasteiger partial charge in [0, 0.05) is 19.1 Å². The van der Waals surface area contributed by atoms with Crippen LogP contribution in [0.2, 0.25) is 0 Å². The summed E-state index contributed by atoms with van der Waals surface area (Å²) in [6.07, 6.45) is 6.20. The number of anilines is 1. The van der Waals surface area contributed by atoms with E-state index >= 15 is 0 Å². The summed E-state index contributed by atoms with van der Waals surface area (Å²) in [6.45, 7) is 2.56. The van der Waals surface area contributed by atoms with Gasteiger partial charge in [-0.25, -0.2) is 4.79 Å². The molecule has 2 aliphatic heterocycles. The minimum Gasteiger partial charge on any atom is -0.447 e. The van der Waals surface area contributed by atoms with Crippen molar-refractivity contribution < 1.29 is 9.53 Å². The molecule has 2 heterocycles. The molecule has 0 radical (unpaired) electrons. The van der Waals surface area contributed by atoms with Gasteiger partial charge in [-0.1, -0.05) is 31.0 Å². The molecule has 21 heavy (non-hydrogen) atoms. The molecule has 0 spiro atoms. The number of nitrogens with zero attached hydrogens (tertiary/aromatic N) is 2. The number of para-hydroxylation sites is 1. The highest BCUT2D eigenvalue weighted by Crippen LogP contribution is 2.34. The van der Waals surface area contributed by atoms with Gasteiger partial charge < -0.3 is 4.74 Å². The Hall–Kier alpha value is -1.55. The molecule has 1 saturated heterocycles. The molecular weight excluding hydrogens is 264 g/mol. The van der Waals surface area contributed by atoms with Crippen molar-refractivity contribution in [3.8, 4) is 0 Å². The molecule has 0 N–H and O–H groups in total. The zero-order valence-electron chi connectivity index (χ0n) is 12.3. The molecule has 1 aromatic rings. The third-order valence-electron chi connectivity index (χ3n) is 5.18. The first-order chi connectivity index (χ1) is 10.3. The van der Waals surface area contributed by atoms with Gasteiger partial charge in [0.2, 0.25) is 0 Å². The zero-order chi connectivity index (χ0) is 14.2. The van der Waals surface area contributed by atoms with Crippen LogP contribution in [0.15, 0.2) is 24.3 Å². The molecule has 1 aromatic carbocycles. The van der Waals surface area contributed by atoms with Gasteiger partial charge in [0.15, 0.2) is 0 Å². The van der Waals surface area contributed by atoms with Gasteiger partial charge in [-0.05, 0) is 30.9 Å². The number of rotatable bonds is 1. The molecule has 4 nitrogen and oxygen atoms in total. The monoisotopic (exact) mass is 286 g/mol.